The molecule has 0 aliphatic rings. The number of carbonyl (C=O) groups excluding carboxylic acids is 1. The van der Waals surface area contributed by atoms with Crippen molar-refractivity contribution in [2.24, 2.45) is 0 Å². The third-order valence-electron chi connectivity index (χ3n) is 3.14. The van der Waals surface area contributed by atoms with Crippen LogP contribution < -0.4 is 10.6 Å². The van der Waals surface area contributed by atoms with Crippen molar-refractivity contribution in [3.05, 3.63) is 42.2 Å². The zero-order valence-corrected chi connectivity index (χ0v) is 13.4. The number of ether oxygens (including phenoxy) is 2. The monoisotopic (exact) mass is 318 g/mol. The molecule has 0 spiro atoms. The van der Waals surface area contributed by atoms with E-state index in [1.54, 1.807) is 24.2 Å². The average molecular weight is 318 g/mol. The van der Waals surface area contributed by atoms with Gasteiger partial charge in [0.1, 0.15) is 0 Å². The molecule has 7 heteroatoms. The van der Waals surface area contributed by atoms with Crippen molar-refractivity contribution in [2.75, 3.05) is 31.0 Å². The van der Waals surface area contributed by atoms with Gasteiger partial charge in [-0.2, -0.15) is 5.10 Å². The van der Waals surface area contributed by atoms with Crippen molar-refractivity contribution < 1.29 is 14.3 Å². The smallest absolute Gasteiger partial charge is 0.323 e. The van der Waals surface area contributed by atoms with Gasteiger partial charge in [0.2, 0.25) is 0 Å². The number of amides is 2. The van der Waals surface area contributed by atoms with Gasteiger partial charge in [-0.1, -0.05) is 18.2 Å². The fourth-order valence-electron chi connectivity index (χ4n) is 2.00. The van der Waals surface area contributed by atoms with Crippen LogP contribution in [0.5, 0.6) is 0 Å². The Morgan fingerprint density at radius 1 is 1.30 bits per heavy atom. The normalized spacial score (nSPS) is 10.5. The van der Waals surface area contributed by atoms with Crippen LogP contribution >= 0.6 is 0 Å². The second-order valence-electron chi connectivity index (χ2n) is 4.86. The van der Waals surface area contributed by atoms with Crippen LogP contribution in [0.15, 0.2) is 36.7 Å². The Bertz CT molecular complexity index is 627. The molecule has 2 N–H and O–H groups in total. The lowest BCUT2D eigenvalue weighted by atomic mass is 10.2. The first-order valence-corrected chi connectivity index (χ1v) is 7.48. The predicted molar refractivity (Wildman–Crippen MR) is 88.5 cm³/mol. The predicted octanol–water partition coefficient (Wildman–Crippen LogP) is 2.71. The molecule has 0 aliphatic carbocycles. The van der Waals surface area contributed by atoms with Gasteiger partial charge in [0, 0.05) is 31.2 Å². The van der Waals surface area contributed by atoms with E-state index < -0.39 is 0 Å². The SMILES string of the molecule is CCOCc1ccccc1NC(=O)Nc1cnn(CCOC)c1. The van der Waals surface area contributed by atoms with E-state index in [1.807, 2.05) is 31.2 Å². The summed E-state index contributed by atoms with van der Waals surface area (Å²) in [5, 5.41) is 9.73. The van der Waals surface area contributed by atoms with E-state index in [0.717, 1.165) is 11.3 Å². The Hall–Kier alpha value is -2.38. The van der Waals surface area contributed by atoms with E-state index >= 15 is 0 Å². The summed E-state index contributed by atoms with van der Waals surface area (Å²) in [4.78, 5) is 12.1. The fourth-order valence-corrected chi connectivity index (χ4v) is 2.00. The quantitative estimate of drug-likeness (QED) is 0.784. The van der Waals surface area contributed by atoms with E-state index in [-0.39, 0.29) is 6.03 Å². The van der Waals surface area contributed by atoms with Crippen LogP contribution in [0.25, 0.3) is 0 Å². The number of urea groups is 1. The first-order valence-electron chi connectivity index (χ1n) is 7.48. The maximum atomic E-state index is 12.1. The van der Waals surface area contributed by atoms with E-state index in [4.69, 9.17) is 9.47 Å². The van der Waals surface area contributed by atoms with Gasteiger partial charge >= 0.3 is 6.03 Å². The highest BCUT2D eigenvalue weighted by Crippen LogP contribution is 2.16. The summed E-state index contributed by atoms with van der Waals surface area (Å²) in [6, 6.07) is 7.23. The summed E-state index contributed by atoms with van der Waals surface area (Å²) >= 11 is 0. The molecule has 0 aliphatic heterocycles. The van der Waals surface area contributed by atoms with Gasteiger partial charge in [0.25, 0.3) is 0 Å². The summed E-state index contributed by atoms with van der Waals surface area (Å²) in [5.74, 6) is 0. The maximum absolute atomic E-state index is 12.1. The summed E-state index contributed by atoms with van der Waals surface area (Å²) in [5.41, 5.74) is 2.28. The number of nitrogens with zero attached hydrogens (tertiary/aromatic N) is 2. The number of para-hydroxylation sites is 1. The standard InChI is InChI=1S/C16H22N4O3/c1-3-23-12-13-6-4-5-7-15(13)19-16(21)18-14-10-17-20(11-14)8-9-22-2/h4-7,10-11H,3,8-9,12H2,1-2H3,(H2,18,19,21). The minimum Gasteiger partial charge on any atom is -0.383 e. The molecule has 124 valence electrons. The highest BCUT2D eigenvalue weighted by molar-refractivity contribution is 6.00. The molecule has 2 amide bonds. The maximum Gasteiger partial charge on any atom is 0.323 e. The van der Waals surface area contributed by atoms with E-state index in [0.29, 0.717) is 32.1 Å². The Kier molecular flexibility index (Phi) is 6.58. The summed E-state index contributed by atoms with van der Waals surface area (Å²) in [7, 11) is 1.63. The zero-order chi connectivity index (χ0) is 16.5. The summed E-state index contributed by atoms with van der Waals surface area (Å²) < 4.78 is 12.1. The van der Waals surface area contributed by atoms with Crippen LogP contribution in [0.2, 0.25) is 0 Å². The van der Waals surface area contributed by atoms with Gasteiger partial charge in [-0.25, -0.2) is 4.79 Å². The Balaban J connectivity index is 1.93. The number of benzene rings is 1. The molecule has 2 aromatic rings. The molecule has 7 nitrogen and oxygen atoms in total. The summed E-state index contributed by atoms with van der Waals surface area (Å²) in [6.07, 6.45) is 3.35. The van der Waals surface area contributed by atoms with Crippen molar-refractivity contribution in [3.63, 3.8) is 0 Å². The van der Waals surface area contributed by atoms with Crippen LogP contribution in [0.4, 0.5) is 16.2 Å². The molecule has 0 bridgehead atoms. The fraction of sp³-hybridized carbons (Fsp3) is 0.375. The van der Waals surface area contributed by atoms with Crippen molar-refractivity contribution in [1.29, 1.82) is 0 Å². The third kappa shape index (κ3) is 5.39. The lowest BCUT2D eigenvalue weighted by molar-refractivity contribution is 0.134. The molecule has 0 unspecified atom stereocenters. The second-order valence-corrected chi connectivity index (χ2v) is 4.86. The molecule has 23 heavy (non-hydrogen) atoms. The molecule has 1 aromatic carbocycles. The molecular formula is C16H22N4O3. The third-order valence-corrected chi connectivity index (χ3v) is 3.14. The Labute approximate surface area is 135 Å². The average Bonchev–Trinajstić information content (AvgIpc) is 2.99. The first kappa shape index (κ1) is 17.0. The van der Waals surface area contributed by atoms with Gasteiger partial charge in [-0.05, 0) is 13.0 Å². The number of hydrogen-bond donors (Lipinski definition) is 2. The minimum absolute atomic E-state index is 0.319. The van der Waals surface area contributed by atoms with Crippen LogP contribution in [0, 0.1) is 0 Å². The highest BCUT2D eigenvalue weighted by Gasteiger charge is 2.08. The van der Waals surface area contributed by atoms with Crippen molar-refractivity contribution in [1.82, 2.24) is 9.78 Å². The van der Waals surface area contributed by atoms with Crippen molar-refractivity contribution >= 4 is 17.4 Å². The number of carbonyl (C=O) groups is 1. The molecule has 0 saturated heterocycles. The van der Waals surface area contributed by atoms with Crippen molar-refractivity contribution in [2.45, 2.75) is 20.1 Å². The van der Waals surface area contributed by atoms with Crippen molar-refractivity contribution in [3.8, 4) is 0 Å². The minimum atomic E-state index is -0.319. The van der Waals surface area contributed by atoms with Gasteiger partial charge in [0.05, 0.1) is 31.6 Å². The zero-order valence-electron chi connectivity index (χ0n) is 13.4. The lowest BCUT2D eigenvalue weighted by Gasteiger charge is -2.11. The second kappa shape index (κ2) is 8.92. The van der Waals surface area contributed by atoms with Gasteiger partial charge in [0.15, 0.2) is 0 Å². The van der Waals surface area contributed by atoms with Crippen LogP contribution in [-0.4, -0.2) is 36.1 Å². The van der Waals surface area contributed by atoms with E-state index in [2.05, 4.69) is 15.7 Å². The molecular weight excluding hydrogens is 296 g/mol. The first-order chi connectivity index (χ1) is 11.2. The largest absolute Gasteiger partial charge is 0.383 e. The van der Waals surface area contributed by atoms with Gasteiger partial charge in [-0.15, -0.1) is 0 Å². The number of rotatable bonds is 8. The number of nitrogens with one attached hydrogen (secondary N) is 2. The Morgan fingerprint density at radius 2 is 2.13 bits per heavy atom. The topological polar surface area (TPSA) is 77.4 Å². The molecule has 0 radical (unpaired) electrons. The number of anilines is 2. The number of hydrogen-bond acceptors (Lipinski definition) is 4. The molecule has 2 rings (SSSR count). The van der Waals surface area contributed by atoms with Gasteiger partial charge < -0.3 is 20.1 Å². The van der Waals surface area contributed by atoms with Crippen LogP contribution in [0.3, 0.4) is 0 Å². The number of methoxy groups -OCH3 is 1. The van der Waals surface area contributed by atoms with Gasteiger partial charge in [-0.3, -0.25) is 4.68 Å². The van der Waals surface area contributed by atoms with Crippen LogP contribution in [0.1, 0.15) is 12.5 Å². The van der Waals surface area contributed by atoms with E-state index in [1.165, 1.54) is 0 Å². The number of aromatic nitrogens is 2. The molecule has 1 aromatic heterocycles. The highest BCUT2D eigenvalue weighted by atomic mass is 16.5. The molecule has 0 fully saturated rings. The van der Waals surface area contributed by atoms with E-state index in [9.17, 15) is 4.79 Å². The molecule has 0 saturated carbocycles. The molecule has 0 atom stereocenters. The van der Waals surface area contributed by atoms with Crippen LogP contribution in [-0.2, 0) is 22.6 Å². The Morgan fingerprint density at radius 3 is 2.91 bits per heavy atom. The summed E-state index contributed by atoms with van der Waals surface area (Å²) in [6.45, 7) is 4.22. The molecule has 1 heterocycles. The lowest BCUT2D eigenvalue weighted by Crippen LogP contribution is -2.20.